The van der Waals surface area contributed by atoms with Crippen molar-refractivity contribution in [2.75, 3.05) is 0 Å². The second-order valence-electron chi connectivity index (χ2n) is 4.45. The minimum absolute atomic E-state index is 0.0650. The van der Waals surface area contributed by atoms with Gasteiger partial charge in [-0.15, -0.1) is 0 Å². The van der Waals surface area contributed by atoms with E-state index in [1.165, 1.54) is 10.6 Å². The molecule has 1 aromatic heterocycles. The molecule has 94 valence electrons. The zero-order valence-corrected chi connectivity index (χ0v) is 11.2. The number of halogens is 1. The summed E-state index contributed by atoms with van der Waals surface area (Å²) in [5.41, 5.74) is 2.84. The lowest BCUT2D eigenvalue weighted by Crippen LogP contribution is -2.18. The Morgan fingerprint density at radius 1 is 1.06 bits per heavy atom. The van der Waals surface area contributed by atoms with Crippen LogP contribution in [0.4, 0.5) is 0 Å². The van der Waals surface area contributed by atoms with Crippen LogP contribution in [0.15, 0.2) is 29.1 Å². The normalized spacial score (nSPS) is 10.7. The van der Waals surface area contributed by atoms with Crippen LogP contribution < -0.4 is 5.56 Å². The van der Waals surface area contributed by atoms with Gasteiger partial charge in [-0.3, -0.25) is 4.79 Å². The maximum Gasteiger partial charge on any atom is 0.258 e. The van der Waals surface area contributed by atoms with E-state index in [1.54, 1.807) is 25.1 Å². The summed E-state index contributed by atoms with van der Waals surface area (Å²) < 4.78 is 1.28. The van der Waals surface area contributed by atoms with E-state index in [-0.39, 0.29) is 11.4 Å². The zero-order chi connectivity index (χ0) is 13.4. The van der Waals surface area contributed by atoms with Crippen molar-refractivity contribution in [2.45, 2.75) is 20.8 Å². The van der Waals surface area contributed by atoms with Crippen LogP contribution in [0.1, 0.15) is 16.7 Å². The molecule has 0 aliphatic rings. The van der Waals surface area contributed by atoms with Gasteiger partial charge in [0.1, 0.15) is 0 Å². The number of aryl methyl sites for hydroxylation is 3. The molecule has 4 heteroatoms. The fraction of sp³-hybridized carbons (Fsp3) is 0.214. The first-order chi connectivity index (χ1) is 8.40. The Hall–Kier alpha value is -1.74. The minimum atomic E-state index is -0.252. The van der Waals surface area contributed by atoms with E-state index in [0.717, 1.165) is 16.7 Å². The molecule has 1 heterocycles. The van der Waals surface area contributed by atoms with Crippen molar-refractivity contribution in [3.05, 3.63) is 56.3 Å². The first kappa shape index (κ1) is 12.7. The van der Waals surface area contributed by atoms with Gasteiger partial charge in [0, 0.05) is 17.2 Å². The topological polar surface area (TPSA) is 42.2 Å². The van der Waals surface area contributed by atoms with Crippen LogP contribution in [-0.2, 0) is 0 Å². The zero-order valence-electron chi connectivity index (χ0n) is 10.5. The number of aromatic nitrogens is 1. The van der Waals surface area contributed by atoms with Crippen LogP contribution in [0, 0.1) is 20.8 Å². The first-order valence-corrected chi connectivity index (χ1v) is 5.97. The number of pyridine rings is 1. The van der Waals surface area contributed by atoms with Crippen molar-refractivity contribution in [2.24, 2.45) is 0 Å². The summed E-state index contributed by atoms with van der Waals surface area (Å²) in [6.07, 6.45) is 0. The van der Waals surface area contributed by atoms with Gasteiger partial charge >= 0.3 is 0 Å². The van der Waals surface area contributed by atoms with E-state index in [2.05, 4.69) is 0 Å². The summed E-state index contributed by atoms with van der Waals surface area (Å²) in [5.74, 6) is -0.0650. The monoisotopic (exact) mass is 263 g/mol. The smallest absolute Gasteiger partial charge is 0.258 e. The number of rotatable bonds is 1. The molecule has 0 aliphatic carbocycles. The lowest BCUT2D eigenvalue weighted by molar-refractivity contribution is 0.434. The summed E-state index contributed by atoms with van der Waals surface area (Å²) in [6.45, 7) is 5.49. The quantitative estimate of drug-likeness (QED) is 0.859. The van der Waals surface area contributed by atoms with E-state index in [9.17, 15) is 9.90 Å². The van der Waals surface area contributed by atoms with Crippen molar-refractivity contribution in [3.8, 4) is 11.6 Å². The third kappa shape index (κ3) is 2.14. The van der Waals surface area contributed by atoms with Crippen molar-refractivity contribution in [1.82, 2.24) is 4.57 Å². The summed E-state index contributed by atoms with van der Waals surface area (Å²) in [5, 5.41) is 10.6. The molecule has 0 fully saturated rings. The van der Waals surface area contributed by atoms with Gasteiger partial charge in [-0.25, -0.2) is 4.57 Å². The van der Waals surface area contributed by atoms with Crippen molar-refractivity contribution < 1.29 is 5.11 Å². The lowest BCUT2D eigenvalue weighted by atomic mass is 10.1. The van der Waals surface area contributed by atoms with Crippen LogP contribution in [0.25, 0.3) is 5.69 Å². The molecule has 2 aromatic rings. The highest BCUT2D eigenvalue weighted by Crippen LogP contribution is 2.25. The van der Waals surface area contributed by atoms with Gasteiger partial charge in [-0.2, -0.15) is 0 Å². The van der Waals surface area contributed by atoms with Gasteiger partial charge in [-0.05, 0) is 49.6 Å². The number of hydrogen-bond donors (Lipinski definition) is 1. The van der Waals surface area contributed by atoms with Crippen LogP contribution >= 0.6 is 11.6 Å². The number of benzene rings is 1. The van der Waals surface area contributed by atoms with Gasteiger partial charge in [0.15, 0.2) is 5.88 Å². The summed E-state index contributed by atoms with van der Waals surface area (Å²) in [7, 11) is 0. The number of aromatic hydroxyl groups is 1. The third-order valence-corrected chi connectivity index (χ3v) is 3.28. The average molecular weight is 264 g/mol. The van der Waals surface area contributed by atoms with Gasteiger partial charge in [0.25, 0.3) is 5.56 Å². The Bertz CT molecular complexity index is 674. The highest BCUT2D eigenvalue weighted by molar-refractivity contribution is 6.31. The molecule has 0 saturated carbocycles. The van der Waals surface area contributed by atoms with Gasteiger partial charge in [0.05, 0.1) is 5.69 Å². The van der Waals surface area contributed by atoms with Gasteiger partial charge in [-0.1, -0.05) is 11.6 Å². The number of nitrogens with zero attached hydrogens (tertiary/aromatic N) is 1. The number of hydrogen-bond acceptors (Lipinski definition) is 2. The largest absolute Gasteiger partial charge is 0.494 e. The molecule has 3 nitrogen and oxygen atoms in total. The summed E-state index contributed by atoms with van der Waals surface area (Å²) >= 11 is 6.03. The molecule has 0 radical (unpaired) electrons. The average Bonchev–Trinajstić information content (AvgIpc) is 2.24. The molecule has 0 aliphatic heterocycles. The SMILES string of the molecule is Cc1cc(O)n(-c2cc(C)c(Cl)cc2C)c(=O)c1. The molecule has 18 heavy (non-hydrogen) atoms. The molecule has 1 aromatic carbocycles. The molecule has 0 saturated heterocycles. The van der Waals surface area contributed by atoms with Crippen LogP contribution in [-0.4, -0.2) is 9.67 Å². The van der Waals surface area contributed by atoms with Crippen molar-refractivity contribution >= 4 is 11.6 Å². The minimum Gasteiger partial charge on any atom is -0.494 e. The third-order valence-electron chi connectivity index (χ3n) is 2.88. The maximum atomic E-state index is 12.0. The Morgan fingerprint density at radius 3 is 2.33 bits per heavy atom. The lowest BCUT2D eigenvalue weighted by Gasteiger charge is -2.13. The molecule has 0 bridgehead atoms. The van der Waals surface area contributed by atoms with E-state index < -0.39 is 0 Å². The molecule has 0 amide bonds. The van der Waals surface area contributed by atoms with E-state index in [1.807, 2.05) is 13.8 Å². The Labute approximate surface area is 110 Å². The standard InChI is InChI=1S/C14H14ClNO2/c1-8-4-13(17)16(14(18)5-8)12-7-9(2)11(15)6-10(12)3/h4-7,17H,1-3H3. The molecular formula is C14H14ClNO2. The molecular weight excluding hydrogens is 250 g/mol. The summed E-state index contributed by atoms with van der Waals surface area (Å²) in [4.78, 5) is 12.0. The predicted octanol–water partition coefficient (Wildman–Crippen LogP) is 3.12. The molecule has 0 spiro atoms. The fourth-order valence-electron chi connectivity index (χ4n) is 1.93. The predicted molar refractivity (Wildman–Crippen MR) is 72.9 cm³/mol. The first-order valence-electron chi connectivity index (χ1n) is 5.60. The van der Waals surface area contributed by atoms with E-state index in [0.29, 0.717) is 10.7 Å². The van der Waals surface area contributed by atoms with E-state index in [4.69, 9.17) is 11.6 Å². The Morgan fingerprint density at radius 2 is 1.72 bits per heavy atom. The second-order valence-corrected chi connectivity index (χ2v) is 4.86. The van der Waals surface area contributed by atoms with Crippen molar-refractivity contribution in [3.63, 3.8) is 0 Å². The van der Waals surface area contributed by atoms with Gasteiger partial charge < -0.3 is 5.11 Å². The van der Waals surface area contributed by atoms with Gasteiger partial charge in [0.2, 0.25) is 0 Å². The van der Waals surface area contributed by atoms with Crippen molar-refractivity contribution in [1.29, 1.82) is 0 Å². The fourth-order valence-corrected chi connectivity index (χ4v) is 2.15. The molecule has 0 unspecified atom stereocenters. The van der Waals surface area contributed by atoms with Crippen LogP contribution in [0.2, 0.25) is 5.02 Å². The second kappa shape index (κ2) is 4.50. The molecule has 2 rings (SSSR count). The summed E-state index contributed by atoms with van der Waals surface area (Å²) in [6, 6.07) is 6.64. The highest BCUT2D eigenvalue weighted by atomic mass is 35.5. The molecule has 0 atom stereocenters. The van der Waals surface area contributed by atoms with Crippen LogP contribution in [0.3, 0.4) is 0 Å². The van der Waals surface area contributed by atoms with E-state index >= 15 is 0 Å². The Kier molecular flexibility index (Phi) is 3.18. The molecule has 1 N–H and O–H groups in total. The van der Waals surface area contributed by atoms with Crippen LogP contribution in [0.5, 0.6) is 5.88 Å². The maximum absolute atomic E-state index is 12.0. The highest BCUT2D eigenvalue weighted by Gasteiger charge is 2.10. The Balaban J connectivity index is 2.78.